The van der Waals surface area contributed by atoms with Gasteiger partial charge in [-0.1, -0.05) is 41.9 Å². The lowest BCUT2D eigenvalue weighted by molar-refractivity contribution is -0.138. The number of rotatable bonds is 6. The van der Waals surface area contributed by atoms with Crippen molar-refractivity contribution in [3.63, 3.8) is 0 Å². The molecule has 1 aliphatic heterocycles. The number of alkyl halides is 3. The van der Waals surface area contributed by atoms with Crippen LogP contribution < -0.4 is 4.90 Å². The van der Waals surface area contributed by atoms with Gasteiger partial charge in [-0.2, -0.15) is 13.2 Å². The van der Waals surface area contributed by atoms with E-state index >= 15 is 0 Å². The summed E-state index contributed by atoms with van der Waals surface area (Å²) in [4.78, 5) is 7.05. The zero-order valence-electron chi connectivity index (χ0n) is 18.5. The Bertz CT molecular complexity index is 1230. The first-order chi connectivity index (χ1) is 16.7. The van der Waals surface area contributed by atoms with E-state index in [2.05, 4.69) is 4.85 Å². The molecular formula is C26H21ClF5N3. The number of hydrogen-bond acceptors (Lipinski definition) is 2. The Labute approximate surface area is 205 Å². The van der Waals surface area contributed by atoms with E-state index < -0.39 is 23.4 Å². The number of nitrogens with zero attached hydrogens (tertiary/aromatic N) is 3. The molecule has 0 N–H and O–H groups in total. The minimum atomic E-state index is -4.52. The van der Waals surface area contributed by atoms with Crippen LogP contribution >= 0.6 is 11.6 Å². The molecule has 1 atom stereocenters. The summed E-state index contributed by atoms with van der Waals surface area (Å²) in [7, 11) is 0. The molecule has 3 aromatic carbocycles. The van der Waals surface area contributed by atoms with Gasteiger partial charge < -0.3 is 4.90 Å². The number of halogens is 6. The summed E-state index contributed by atoms with van der Waals surface area (Å²) in [6.45, 7) is 8.13. The molecule has 0 unspecified atom stereocenters. The summed E-state index contributed by atoms with van der Waals surface area (Å²) in [5.41, 5.74) is 0.158. The molecule has 0 bridgehead atoms. The normalized spacial score (nSPS) is 16.3. The van der Waals surface area contributed by atoms with Gasteiger partial charge in [0.2, 0.25) is 5.69 Å². The Morgan fingerprint density at radius 2 is 1.74 bits per heavy atom. The van der Waals surface area contributed by atoms with Gasteiger partial charge in [0.15, 0.2) is 0 Å². The first kappa shape index (κ1) is 25.0. The van der Waals surface area contributed by atoms with E-state index in [1.165, 1.54) is 36.4 Å². The maximum atomic E-state index is 14.2. The molecule has 0 aromatic heterocycles. The molecule has 1 aliphatic rings. The molecule has 35 heavy (non-hydrogen) atoms. The second-order valence-corrected chi connectivity index (χ2v) is 8.82. The molecule has 1 heterocycles. The molecule has 3 aromatic rings. The Morgan fingerprint density at radius 3 is 2.40 bits per heavy atom. The Morgan fingerprint density at radius 1 is 1.03 bits per heavy atom. The lowest BCUT2D eigenvalue weighted by Gasteiger charge is -2.33. The zero-order valence-corrected chi connectivity index (χ0v) is 19.3. The third-order valence-electron chi connectivity index (χ3n) is 6.18. The van der Waals surface area contributed by atoms with E-state index in [1.54, 1.807) is 18.2 Å². The molecule has 1 fully saturated rings. The third kappa shape index (κ3) is 5.58. The summed E-state index contributed by atoms with van der Waals surface area (Å²) in [5, 5.41) is 0.204. The highest BCUT2D eigenvalue weighted by Gasteiger charge is 2.35. The highest BCUT2D eigenvalue weighted by atomic mass is 35.5. The van der Waals surface area contributed by atoms with E-state index in [-0.39, 0.29) is 41.0 Å². The standard InChI is InChI=1S/C26H21ClF5N3/c1-33-25-10-9-18(13-22(25)27)35(14-17-5-2-3-6-21(17)26(30,31)32)19-11-12-34(15-19)16-20-23(28)7-4-8-24(20)29/h2-10,13,19H,11-12,14-16H2/t19-/m0/s1. The first-order valence-electron chi connectivity index (χ1n) is 10.9. The quantitative estimate of drug-likeness (QED) is 0.254. The minimum Gasteiger partial charge on any atom is -0.363 e. The van der Waals surface area contributed by atoms with Crippen molar-refractivity contribution in [1.29, 1.82) is 0 Å². The van der Waals surface area contributed by atoms with E-state index in [9.17, 15) is 22.0 Å². The van der Waals surface area contributed by atoms with Gasteiger partial charge in [0.1, 0.15) is 11.6 Å². The van der Waals surface area contributed by atoms with Crippen LogP contribution in [0.1, 0.15) is 23.1 Å². The van der Waals surface area contributed by atoms with Crippen molar-refractivity contribution in [1.82, 2.24) is 4.90 Å². The topological polar surface area (TPSA) is 10.8 Å². The highest BCUT2D eigenvalue weighted by Crippen LogP contribution is 2.36. The maximum absolute atomic E-state index is 14.2. The van der Waals surface area contributed by atoms with Crippen LogP contribution in [0, 0.1) is 18.2 Å². The van der Waals surface area contributed by atoms with Gasteiger partial charge in [0.05, 0.1) is 12.1 Å². The van der Waals surface area contributed by atoms with Crippen LogP contribution in [0.4, 0.5) is 33.3 Å². The predicted octanol–water partition coefficient (Wildman–Crippen LogP) is 7.47. The Kier molecular flexibility index (Phi) is 7.29. The van der Waals surface area contributed by atoms with E-state index in [4.69, 9.17) is 18.2 Å². The van der Waals surface area contributed by atoms with Gasteiger partial charge >= 0.3 is 6.18 Å². The SMILES string of the molecule is [C-]#[N+]c1ccc(N(Cc2ccccc2C(F)(F)F)[C@H]2CCN(Cc3c(F)cccc3F)C2)cc1Cl. The molecule has 3 nitrogen and oxygen atoms in total. The van der Waals surface area contributed by atoms with Crippen molar-refractivity contribution < 1.29 is 22.0 Å². The number of likely N-dealkylation sites (tertiary alicyclic amines) is 1. The summed E-state index contributed by atoms with van der Waals surface area (Å²) in [6.07, 6.45) is -3.94. The van der Waals surface area contributed by atoms with Crippen molar-refractivity contribution in [2.75, 3.05) is 18.0 Å². The van der Waals surface area contributed by atoms with Crippen LogP contribution in [0.25, 0.3) is 4.85 Å². The lowest BCUT2D eigenvalue weighted by atomic mass is 10.0. The molecule has 9 heteroatoms. The summed E-state index contributed by atoms with van der Waals surface area (Å²) in [6, 6.07) is 13.6. The van der Waals surface area contributed by atoms with Crippen LogP contribution in [0.2, 0.25) is 5.02 Å². The lowest BCUT2D eigenvalue weighted by Crippen LogP contribution is -2.37. The van der Waals surface area contributed by atoms with E-state index in [0.717, 1.165) is 6.07 Å². The van der Waals surface area contributed by atoms with Gasteiger partial charge in [-0.3, -0.25) is 4.90 Å². The first-order valence-corrected chi connectivity index (χ1v) is 11.3. The predicted molar refractivity (Wildman–Crippen MR) is 125 cm³/mol. The summed E-state index contributed by atoms with van der Waals surface area (Å²) >= 11 is 6.24. The molecular weight excluding hydrogens is 485 g/mol. The van der Waals surface area contributed by atoms with Gasteiger partial charge in [-0.15, -0.1) is 0 Å². The Hall–Kier alpha value is -3.15. The van der Waals surface area contributed by atoms with Crippen molar-refractivity contribution in [2.45, 2.75) is 31.7 Å². The molecule has 0 spiro atoms. The number of benzene rings is 3. The van der Waals surface area contributed by atoms with Crippen LogP contribution in [-0.2, 0) is 19.3 Å². The number of hydrogen-bond donors (Lipinski definition) is 0. The second kappa shape index (κ2) is 10.2. The van der Waals surface area contributed by atoms with Crippen LogP contribution in [0.15, 0.2) is 60.7 Å². The van der Waals surface area contributed by atoms with Gasteiger partial charge in [-0.25, -0.2) is 13.6 Å². The van der Waals surface area contributed by atoms with Gasteiger partial charge in [0, 0.05) is 48.5 Å². The van der Waals surface area contributed by atoms with E-state index in [0.29, 0.717) is 25.2 Å². The summed E-state index contributed by atoms with van der Waals surface area (Å²) in [5.74, 6) is -1.27. The van der Waals surface area contributed by atoms with Crippen LogP contribution in [0.5, 0.6) is 0 Å². The van der Waals surface area contributed by atoms with Gasteiger partial charge in [-0.05, 0) is 42.3 Å². The molecule has 1 saturated heterocycles. The monoisotopic (exact) mass is 505 g/mol. The second-order valence-electron chi connectivity index (χ2n) is 8.41. The molecule has 4 rings (SSSR count). The number of anilines is 1. The van der Waals surface area contributed by atoms with Crippen LogP contribution in [-0.4, -0.2) is 24.0 Å². The molecule has 0 saturated carbocycles. The smallest absolute Gasteiger partial charge is 0.363 e. The minimum absolute atomic E-state index is 0.0356. The maximum Gasteiger partial charge on any atom is 0.416 e. The van der Waals surface area contributed by atoms with E-state index in [1.807, 2.05) is 9.80 Å². The Balaban J connectivity index is 1.64. The van der Waals surface area contributed by atoms with Crippen molar-refractivity contribution in [2.24, 2.45) is 0 Å². The largest absolute Gasteiger partial charge is 0.416 e. The highest BCUT2D eigenvalue weighted by molar-refractivity contribution is 6.33. The fourth-order valence-corrected chi connectivity index (χ4v) is 4.65. The molecule has 0 radical (unpaired) electrons. The molecule has 182 valence electrons. The van der Waals surface area contributed by atoms with Crippen molar-refractivity contribution >= 4 is 23.0 Å². The fourth-order valence-electron chi connectivity index (χ4n) is 4.43. The fraction of sp³-hybridized carbons (Fsp3) is 0.269. The third-order valence-corrected chi connectivity index (χ3v) is 6.48. The van der Waals surface area contributed by atoms with Crippen molar-refractivity contribution in [3.05, 3.63) is 105 Å². The molecule has 0 amide bonds. The summed E-state index contributed by atoms with van der Waals surface area (Å²) < 4.78 is 69.3. The van der Waals surface area contributed by atoms with Crippen LogP contribution in [0.3, 0.4) is 0 Å². The average molecular weight is 506 g/mol. The average Bonchev–Trinajstić information content (AvgIpc) is 3.28. The molecule has 0 aliphatic carbocycles. The van der Waals surface area contributed by atoms with Crippen molar-refractivity contribution in [3.8, 4) is 0 Å². The van der Waals surface area contributed by atoms with Gasteiger partial charge in [0.25, 0.3) is 0 Å². The zero-order chi connectivity index (χ0) is 25.2.